The van der Waals surface area contributed by atoms with Crippen LogP contribution in [0.1, 0.15) is 244 Å². The zero-order valence-electron chi connectivity index (χ0n) is 41.8. The van der Waals surface area contributed by atoms with Gasteiger partial charge in [0.15, 0.2) is 10.9 Å². The average molecular weight is 873 g/mol. The van der Waals surface area contributed by atoms with Crippen LogP contribution in [-0.2, 0) is 25.9 Å². The van der Waals surface area contributed by atoms with Gasteiger partial charge >= 0.3 is 0 Å². The van der Waals surface area contributed by atoms with Gasteiger partial charge in [0.05, 0.1) is 22.1 Å². The van der Waals surface area contributed by atoms with Crippen molar-refractivity contribution in [2.75, 3.05) is 0 Å². The Labute approximate surface area is 390 Å². The van der Waals surface area contributed by atoms with Gasteiger partial charge in [0.1, 0.15) is 0 Å². The molecule has 0 amide bonds. The minimum atomic E-state index is 0.113. The second-order valence-electron chi connectivity index (χ2n) is 20.0. The van der Waals surface area contributed by atoms with Gasteiger partial charge in [0.25, 0.3) is 0 Å². The predicted octanol–water partition coefficient (Wildman–Crippen LogP) is 18.3. The SMILES string of the molecule is CCCCCCCCCCCCc1ccc2c(c1)c(=O)c1cc3c(cc1n2CCCCCCCC)c(=O)c1cc(CCCCCCCCCCCC)ccc1n3CCCCCCCC. The molecule has 0 aliphatic heterocycles. The highest BCUT2D eigenvalue weighted by atomic mass is 16.1. The first-order chi connectivity index (χ1) is 31.5. The van der Waals surface area contributed by atoms with Crippen molar-refractivity contribution in [2.24, 2.45) is 0 Å². The standard InChI is InChI=1S/C60H92N2O2/c1-5-9-13-17-21-23-25-27-29-33-37-49-39-41-55-51(45-49)59(63)53-47-58-54(48-57(53)61(55)43-35-31-19-15-11-7-3)60(64)52-46-50(38-34-30-28-26-24-22-18-14-10-6-2)40-42-56(52)62(58)44-36-32-20-16-12-8-4/h39-42,45-48H,5-38,43-44H2,1-4H3. The number of benzene rings is 3. The van der Waals surface area contributed by atoms with E-state index in [1.54, 1.807) is 0 Å². The molecule has 0 aliphatic carbocycles. The molecule has 0 bridgehead atoms. The first-order valence-corrected chi connectivity index (χ1v) is 27.6. The summed E-state index contributed by atoms with van der Waals surface area (Å²) in [7, 11) is 0. The van der Waals surface area contributed by atoms with E-state index in [0.29, 0.717) is 0 Å². The van der Waals surface area contributed by atoms with Gasteiger partial charge < -0.3 is 9.13 Å². The molecule has 4 nitrogen and oxygen atoms in total. The number of aryl methyl sites for hydroxylation is 4. The van der Waals surface area contributed by atoms with Crippen molar-refractivity contribution in [2.45, 2.75) is 259 Å². The first kappa shape index (κ1) is 51.6. The Morgan fingerprint density at radius 3 is 0.875 bits per heavy atom. The second-order valence-corrected chi connectivity index (χ2v) is 20.0. The van der Waals surface area contributed by atoms with Gasteiger partial charge in [-0.15, -0.1) is 0 Å². The van der Waals surface area contributed by atoms with Gasteiger partial charge in [-0.3, -0.25) is 9.59 Å². The summed E-state index contributed by atoms with van der Waals surface area (Å²) in [6, 6.07) is 17.7. The Balaban J connectivity index is 1.45. The third-order valence-electron chi connectivity index (χ3n) is 14.5. The lowest BCUT2D eigenvalue weighted by molar-refractivity contribution is 0.556. The van der Waals surface area contributed by atoms with Crippen molar-refractivity contribution in [3.05, 3.63) is 80.1 Å². The van der Waals surface area contributed by atoms with Crippen LogP contribution < -0.4 is 10.9 Å². The molecule has 0 saturated heterocycles. The summed E-state index contributed by atoms with van der Waals surface area (Å²) in [5, 5.41) is 3.19. The largest absolute Gasteiger partial charge is 0.340 e. The van der Waals surface area contributed by atoms with E-state index in [1.807, 2.05) is 0 Å². The van der Waals surface area contributed by atoms with Crippen molar-refractivity contribution < 1.29 is 0 Å². The summed E-state index contributed by atoms with van der Waals surface area (Å²) >= 11 is 0. The van der Waals surface area contributed by atoms with Gasteiger partial charge in [0, 0.05) is 34.6 Å². The lowest BCUT2D eigenvalue weighted by atomic mass is 9.99. The van der Waals surface area contributed by atoms with Crippen molar-refractivity contribution in [1.29, 1.82) is 0 Å². The van der Waals surface area contributed by atoms with E-state index < -0.39 is 0 Å². The number of hydrogen-bond donors (Lipinski definition) is 0. The monoisotopic (exact) mass is 873 g/mol. The molecule has 0 unspecified atom stereocenters. The van der Waals surface area contributed by atoms with Gasteiger partial charge in [-0.2, -0.15) is 0 Å². The maximum Gasteiger partial charge on any atom is 0.197 e. The van der Waals surface area contributed by atoms with Crippen molar-refractivity contribution >= 4 is 43.6 Å². The van der Waals surface area contributed by atoms with Crippen LogP contribution in [0.25, 0.3) is 43.6 Å². The fourth-order valence-electron chi connectivity index (χ4n) is 10.5. The molecule has 5 aromatic rings. The highest BCUT2D eigenvalue weighted by Gasteiger charge is 2.18. The zero-order chi connectivity index (χ0) is 45.2. The molecular formula is C60H92N2O2. The van der Waals surface area contributed by atoms with Crippen LogP contribution in [0.15, 0.2) is 58.1 Å². The van der Waals surface area contributed by atoms with Crippen molar-refractivity contribution in [3.8, 4) is 0 Å². The van der Waals surface area contributed by atoms with E-state index in [-0.39, 0.29) is 10.9 Å². The Kier molecular flexibility index (Phi) is 24.2. The van der Waals surface area contributed by atoms with Crippen LogP contribution in [0.3, 0.4) is 0 Å². The Morgan fingerprint density at radius 2 is 0.562 bits per heavy atom. The van der Waals surface area contributed by atoms with Crippen LogP contribution in [-0.4, -0.2) is 9.13 Å². The lowest BCUT2D eigenvalue weighted by Gasteiger charge is -2.20. The molecular weight excluding hydrogens is 781 g/mol. The van der Waals surface area contributed by atoms with Crippen LogP contribution in [0.4, 0.5) is 0 Å². The number of unbranched alkanes of at least 4 members (excludes halogenated alkanes) is 28. The molecule has 0 spiro atoms. The summed E-state index contributed by atoms with van der Waals surface area (Å²) in [6.45, 7) is 10.8. The fraction of sp³-hybridized carbons (Fsp3) is 0.667. The summed E-state index contributed by atoms with van der Waals surface area (Å²) in [5.41, 5.74) is 6.65. The van der Waals surface area contributed by atoms with Gasteiger partial charge in [-0.25, -0.2) is 0 Å². The highest BCUT2D eigenvalue weighted by molar-refractivity contribution is 6.04. The van der Waals surface area contributed by atoms with E-state index in [4.69, 9.17) is 0 Å². The number of aromatic nitrogens is 2. The molecule has 0 aliphatic rings. The van der Waals surface area contributed by atoms with E-state index in [9.17, 15) is 9.59 Å². The maximum absolute atomic E-state index is 14.8. The Morgan fingerprint density at radius 1 is 0.297 bits per heavy atom. The lowest BCUT2D eigenvalue weighted by Crippen LogP contribution is -2.16. The Hall–Kier alpha value is -3.40. The number of hydrogen-bond acceptors (Lipinski definition) is 2. The predicted molar refractivity (Wildman–Crippen MR) is 283 cm³/mol. The third-order valence-corrected chi connectivity index (χ3v) is 14.5. The normalized spacial score (nSPS) is 11.9. The fourth-order valence-corrected chi connectivity index (χ4v) is 10.5. The van der Waals surface area contributed by atoms with E-state index >= 15 is 0 Å². The number of pyridine rings is 2. The molecule has 5 rings (SSSR count). The first-order valence-electron chi connectivity index (χ1n) is 27.6. The number of nitrogens with zero attached hydrogens (tertiary/aromatic N) is 2. The summed E-state index contributed by atoms with van der Waals surface area (Å²) in [5.74, 6) is 0. The van der Waals surface area contributed by atoms with Gasteiger partial charge in [-0.1, -0.05) is 220 Å². The van der Waals surface area contributed by atoms with Gasteiger partial charge in [0.2, 0.25) is 0 Å². The topological polar surface area (TPSA) is 44.0 Å². The molecule has 4 heteroatoms. The molecule has 354 valence electrons. The van der Waals surface area contributed by atoms with Crippen LogP contribution >= 0.6 is 0 Å². The second kappa shape index (κ2) is 30.0. The molecule has 0 saturated carbocycles. The number of fused-ring (bicyclic) bond motifs is 4. The smallest absolute Gasteiger partial charge is 0.197 e. The quantitative estimate of drug-likeness (QED) is 0.0297. The molecule has 0 atom stereocenters. The minimum Gasteiger partial charge on any atom is -0.340 e. The zero-order valence-corrected chi connectivity index (χ0v) is 41.8. The third kappa shape index (κ3) is 15.9. The molecule has 0 fully saturated rings. The van der Waals surface area contributed by atoms with E-state index in [0.717, 1.165) is 82.4 Å². The Bertz CT molecular complexity index is 2050. The highest BCUT2D eigenvalue weighted by Crippen LogP contribution is 2.29. The summed E-state index contributed by atoms with van der Waals surface area (Å²) in [6.07, 6.45) is 43.2. The molecule has 0 radical (unpaired) electrons. The summed E-state index contributed by atoms with van der Waals surface area (Å²) < 4.78 is 4.80. The van der Waals surface area contributed by atoms with Crippen LogP contribution in [0.2, 0.25) is 0 Å². The van der Waals surface area contributed by atoms with Crippen molar-refractivity contribution in [1.82, 2.24) is 9.13 Å². The molecule has 2 aromatic heterocycles. The molecule has 64 heavy (non-hydrogen) atoms. The van der Waals surface area contributed by atoms with E-state index in [1.165, 1.54) is 204 Å². The average Bonchev–Trinajstić information content (AvgIpc) is 3.31. The maximum atomic E-state index is 14.8. The molecule has 3 aromatic carbocycles. The van der Waals surface area contributed by atoms with Gasteiger partial charge in [-0.05, 0) is 86.1 Å². The minimum absolute atomic E-state index is 0.113. The molecule has 0 N–H and O–H groups in total. The number of rotatable bonds is 36. The molecule has 2 heterocycles. The van der Waals surface area contributed by atoms with Crippen LogP contribution in [0.5, 0.6) is 0 Å². The van der Waals surface area contributed by atoms with Crippen LogP contribution in [0, 0.1) is 0 Å². The van der Waals surface area contributed by atoms with E-state index in [2.05, 4.69) is 85.4 Å². The summed E-state index contributed by atoms with van der Waals surface area (Å²) in [4.78, 5) is 29.7. The van der Waals surface area contributed by atoms with Crippen molar-refractivity contribution in [3.63, 3.8) is 0 Å².